The van der Waals surface area contributed by atoms with Gasteiger partial charge < -0.3 is 9.84 Å². The van der Waals surface area contributed by atoms with Crippen molar-refractivity contribution in [2.75, 3.05) is 6.61 Å². The molecule has 0 aliphatic heterocycles. The van der Waals surface area contributed by atoms with E-state index in [9.17, 15) is 5.11 Å². The lowest BCUT2D eigenvalue weighted by Crippen LogP contribution is -2.25. The predicted molar refractivity (Wildman–Crippen MR) is 64.6 cm³/mol. The first-order chi connectivity index (χ1) is 7.75. The van der Waals surface area contributed by atoms with Crippen LogP contribution in [0.1, 0.15) is 31.2 Å². The molecule has 0 bridgehead atoms. The average molecular weight is 220 g/mol. The fourth-order valence-electron chi connectivity index (χ4n) is 2.29. The Bertz CT molecular complexity index is 312. The van der Waals surface area contributed by atoms with Crippen molar-refractivity contribution in [2.45, 2.75) is 38.7 Å². The van der Waals surface area contributed by atoms with Gasteiger partial charge in [0.2, 0.25) is 0 Å². The van der Waals surface area contributed by atoms with Gasteiger partial charge in [-0.05, 0) is 37.8 Å². The quantitative estimate of drug-likeness (QED) is 0.845. The van der Waals surface area contributed by atoms with E-state index in [0.29, 0.717) is 12.5 Å². The molecule has 2 heteroatoms. The zero-order chi connectivity index (χ0) is 11.4. The largest absolute Gasteiger partial charge is 0.491 e. The lowest BCUT2D eigenvalue weighted by atomic mass is 10.0. The number of aryl methyl sites for hydroxylation is 1. The van der Waals surface area contributed by atoms with E-state index in [2.05, 4.69) is 6.92 Å². The van der Waals surface area contributed by atoms with Crippen LogP contribution in [0.4, 0.5) is 0 Å². The molecule has 0 radical (unpaired) electrons. The van der Waals surface area contributed by atoms with E-state index in [0.717, 1.165) is 18.6 Å². The molecule has 1 atom stereocenters. The van der Waals surface area contributed by atoms with Crippen molar-refractivity contribution in [3.05, 3.63) is 29.8 Å². The number of aliphatic hydroxyl groups excluding tert-OH is 1. The minimum Gasteiger partial charge on any atom is -0.491 e. The zero-order valence-electron chi connectivity index (χ0n) is 9.86. The number of hydrogen-bond donors (Lipinski definition) is 1. The minimum atomic E-state index is -0.302. The Labute approximate surface area is 97.3 Å². The first kappa shape index (κ1) is 11.5. The van der Waals surface area contributed by atoms with Crippen LogP contribution in [0.15, 0.2) is 24.3 Å². The van der Waals surface area contributed by atoms with Gasteiger partial charge in [-0.15, -0.1) is 0 Å². The maximum atomic E-state index is 9.94. The van der Waals surface area contributed by atoms with Gasteiger partial charge in [-0.25, -0.2) is 0 Å². The Morgan fingerprint density at radius 2 is 1.88 bits per heavy atom. The molecule has 0 spiro atoms. The molecule has 1 aliphatic carbocycles. The van der Waals surface area contributed by atoms with Crippen molar-refractivity contribution in [1.29, 1.82) is 0 Å². The first-order valence-corrected chi connectivity index (χ1v) is 6.13. The second-order valence-electron chi connectivity index (χ2n) is 4.74. The molecule has 2 rings (SSSR count). The van der Waals surface area contributed by atoms with Crippen molar-refractivity contribution in [3.8, 4) is 5.75 Å². The molecule has 1 unspecified atom stereocenters. The molecule has 2 nitrogen and oxygen atoms in total. The number of aliphatic hydroxyl groups is 1. The summed E-state index contributed by atoms with van der Waals surface area (Å²) >= 11 is 0. The van der Waals surface area contributed by atoms with Gasteiger partial charge in [-0.3, -0.25) is 0 Å². The van der Waals surface area contributed by atoms with Crippen molar-refractivity contribution in [2.24, 2.45) is 5.92 Å². The monoisotopic (exact) mass is 220 g/mol. The van der Waals surface area contributed by atoms with E-state index in [1.165, 1.54) is 18.4 Å². The van der Waals surface area contributed by atoms with Crippen LogP contribution >= 0.6 is 0 Å². The summed E-state index contributed by atoms with van der Waals surface area (Å²) < 4.78 is 5.59. The third kappa shape index (κ3) is 2.99. The second kappa shape index (κ2) is 5.35. The highest BCUT2D eigenvalue weighted by molar-refractivity contribution is 5.26. The van der Waals surface area contributed by atoms with Gasteiger partial charge in [0.15, 0.2) is 0 Å². The summed E-state index contributed by atoms with van der Waals surface area (Å²) in [6.07, 6.45) is 4.51. The Kier molecular flexibility index (Phi) is 3.83. The summed E-state index contributed by atoms with van der Waals surface area (Å²) in [7, 11) is 0. The third-order valence-electron chi connectivity index (χ3n) is 3.39. The molecule has 0 saturated heterocycles. The first-order valence-electron chi connectivity index (χ1n) is 6.13. The third-order valence-corrected chi connectivity index (χ3v) is 3.39. The van der Waals surface area contributed by atoms with Crippen LogP contribution in [0.5, 0.6) is 5.75 Å². The Morgan fingerprint density at radius 3 is 2.50 bits per heavy atom. The van der Waals surface area contributed by atoms with Crippen LogP contribution in [0.3, 0.4) is 0 Å². The van der Waals surface area contributed by atoms with Gasteiger partial charge >= 0.3 is 0 Å². The molecule has 0 heterocycles. The topological polar surface area (TPSA) is 29.5 Å². The van der Waals surface area contributed by atoms with Crippen molar-refractivity contribution in [3.63, 3.8) is 0 Å². The van der Waals surface area contributed by atoms with Crippen LogP contribution in [-0.2, 0) is 0 Å². The molecule has 16 heavy (non-hydrogen) atoms. The molecule has 1 aromatic rings. The van der Waals surface area contributed by atoms with Gasteiger partial charge in [-0.2, -0.15) is 0 Å². The predicted octanol–water partition coefficient (Wildman–Crippen LogP) is 2.92. The second-order valence-corrected chi connectivity index (χ2v) is 4.74. The molecule has 1 fully saturated rings. The molecule has 1 aliphatic rings. The van der Waals surface area contributed by atoms with Crippen LogP contribution in [0.2, 0.25) is 0 Å². The van der Waals surface area contributed by atoms with E-state index in [1.54, 1.807) is 0 Å². The normalized spacial score (nSPS) is 18.6. The number of ether oxygens (including phenoxy) is 1. The Hall–Kier alpha value is -1.02. The smallest absolute Gasteiger partial charge is 0.119 e. The van der Waals surface area contributed by atoms with E-state index < -0.39 is 0 Å². The number of rotatable bonds is 4. The van der Waals surface area contributed by atoms with E-state index in [1.807, 2.05) is 24.3 Å². The highest BCUT2D eigenvalue weighted by Crippen LogP contribution is 2.28. The number of benzene rings is 1. The molecular formula is C14H20O2. The maximum absolute atomic E-state index is 9.94. The summed E-state index contributed by atoms with van der Waals surface area (Å²) in [5, 5.41) is 9.94. The summed E-state index contributed by atoms with van der Waals surface area (Å²) in [6, 6.07) is 7.96. The van der Waals surface area contributed by atoms with Crippen molar-refractivity contribution >= 4 is 0 Å². The summed E-state index contributed by atoms with van der Waals surface area (Å²) in [6.45, 7) is 2.48. The highest BCUT2D eigenvalue weighted by Gasteiger charge is 2.23. The van der Waals surface area contributed by atoms with E-state index >= 15 is 0 Å². The molecular weight excluding hydrogens is 200 g/mol. The van der Waals surface area contributed by atoms with Gasteiger partial charge in [0.25, 0.3) is 0 Å². The zero-order valence-corrected chi connectivity index (χ0v) is 9.86. The Balaban J connectivity index is 1.80. The van der Waals surface area contributed by atoms with Gasteiger partial charge in [0.05, 0.1) is 6.10 Å². The maximum Gasteiger partial charge on any atom is 0.119 e. The average Bonchev–Trinajstić information content (AvgIpc) is 2.81. The molecule has 1 saturated carbocycles. The molecule has 0 amide bonds. The van der Waals surface area contributed by atoms with Crippen LogP contribution in [0.25, 0.3) is 0 Å². The van der Waals surface area contributed by atoms with Crippen molar-refractivity contribution < 1.29 is 9.84 Å². The highest BCUT2D eigenvalue weighted by atomic mass is 16.5. The van der Waals surface area contributed by atoms with Gasteiger partial charge in [0.1, 0.15) is 12.4 Å². The summed E-state index contributed by atoms with van der Waals surface area (Å²) in [5.41, 5.74) is 1.23. The fourth-order valence-corrected chi connectivity index (χ4v) is 2.29. The standard InChI is InChI=1S/C14H20O2/c1-11-6-8-13(9-7-11)16-10-14(15)12-4-2-3-5-12/h6-9,12,14-15H,2-5,10H2,1H3. The number of hydrogen-bond acceptors (Lipinski definition) is 2. The van der Waals surface area contributed by atoms with E-state index in [-0.39, 0.29) is 6.10 Å². The molecule has 1 N–H and O–H groups in total. The minimum absolute atomic E-state index is 0.302. The Morgan fingerprint density at radius 1 is 1.25 bits per heavy atom. The van der Waals surface area contributed by atoms with Gasteiger partial charge in [-0.1, -0.05) is 30.5 Å². The lowest BCUT2D eigenvalue weighted by molar-refractivity contribution is 0.0593. The molecule has 88 valence electrons. The molecule has 0 aromatic heterocycles. The summed E-state index contributed by atoms with van der Waals surface area (Å²) in [4.78, 5) is 0. The van der Waals surface area contributed by atoms with Crippen molar-refractivity contribution in [1.82, 2.24) is 0 Å². The van der Waals surface area contributed by atoms with Gasteiger partial charge in [0, 0.05) is 0 Å². The van der Waals surface area contributed by atoms with E-state index in [4.69, 9.17) is 4.74 Å². The SMILES string of the molecule is Cc1ccc(OCC(O)C2CCCC2)cc1. The lowest BCUT2D eigenvalue weighted by Gasteiger charge is -2.18. The summed E-state index contributed by atoms with van der Waals surface area (Å²) in [5.74, 6) is 1.30. The molecule has 1 aromatic carbocycles. The van der Waals surface area contributed by atoms with Crippen LogP contribution in [0, 0.1) is 12.8 Å². The fraction of sp³-hybridized carbons (Fsp3) is 0.571. The van der Waals surface area contributed by atoms with Crippen LogP contribution < -0.4 is 4.74 Å². The van der Waals surface area contributed by atoms with Crippen LogP contribution in [-0.4, -0.2) is 17.8 Å².